The summed E-state index contributed by atoms with van der Waals surface area (Å²) < 4.78 is 0. The molecule has 0 heterocycles. The van der Waals surface area contributed by atoms with Crippen molar-refractivity contribution in [1.82, 2.24) is 0 Å². The van der Waals surface area contributed by atoms with Gasteiger partial charge >= 0.3 is 0 Å². The van der Waals surface area contributed by atoms with E-state index in [1.165, 1.54) is 0 Å². The number of allylic oxidation sites excluding steroid dienone is 3. The molecule has 6 heteroatoms. The van der Waals surface area contributed by atoms with Crippen LogP contribution in [0.4, 0.5) is 0 Å². The SMILES string of the molecule is C=CC[PH3+].C=CC[PH3+].C=CC[PH3+].[Ni].[Ni].[Ni].c1cc[cH-]c1.c1cc[cH-]c1.c1cc[cH-]c1. The van der Waals surface area contributed by atoms with Gasteiger partial charge in [0, 0.05) is 49.5 Å². The molecule has 0 saturated carbocycles. The van der Waals surface area contributed by atoms with E-state index in [-0.39, 0.29) is 49.5 Å². The van der Waals surface area contributed by atoms with Crippen LogP contribution in [0.2, 0.25) is 0 Å². The van der Waals surface area contributed by atoms with Crippen LogP contribution in [0.15, 0.2) is 129 Å². The second-order valence-electron chi connectivity index (χ2n) is 4.62. The quantitative estimate of drug-likeness (QED) is 0.139. The van der Waals surface area contributed by atoms with Crippen molar-refractivity contribution in [2.75, 3.05) is 18.5 Å². The van der Waals surface area contributed by atoms with Crippen LogP contribution in [-0.2, 0) is 49.5 Å². The normalized spacial score (nSPS) is 6.80. The molecular formula is C24H39Ni3P3. The summed E-state index contributed by atoms with van der Waals surface area (Å²) in [7, 11) is 5.71. The molecule has 0 spiro atoms. The predicted molar refractivity (Wildman–Crippen MR) is 145 cm³/mol. The number of rotatable bonds is 3. The Kier molecular flexibility index (Phi) is 75.4. The number of hydrogen-bond acceptors (Lipinski definition) is 0. The van der Waals surface area contributed by atoms with Gasteiger partial charge in [-0.1, -0.05) is 38.0 Å². The molecule has 3 rings (SSSR count). The second kappa shape index (κ2) is 51.6. The van der Waals surface area contributed by atoms with Gasteiger partial charge in [0.15, 0.2) is 0 Å². The molecule has 0 bridgehead atoms. The molecule has 0 aliphatic rings. The molecule has 0 aliphatic carbocycles. The zero-order valence-electron chi connectivity index (χ0n) is 17.7. The summed E-state index contributed by atoms with van der Waals surface area (Å²) in [5, 5.41) is 0. The zero-order chi connectivity index (χ0) is 20.8. The van der Waals surface area contributed by atoms with Gasteiger partial charge in [0.25, 0.3) is 0 Å². The molecule has 3 atom stereocenters. The molecular weight excluding hydrogens is 557 g/mol. The number of hydrogen-bond donors (Lipinski definition) is 0. The summed E-state index contributed by atoms with van der Waals surface area (Å²) in [6, 6.07) is 30.0. The fraction of sp³-hybridized carbons (Fsp3) is 0.125. The topological polar surface area (TPSA) is 0 Å². The average molecular weight is 597 g/mol. The van der Waals surface area contributed by atoms with Gasteiger partial charge in [0.05, 0.1) is 18.5 Å². The summed E-state index contributed by atoms with van der Waals surface area (Å²) >= 11 is 0. The Hall–Kier alpha value is 0.0405. The minimum absolute atomic E-state index is 0. The summed E-state index contributed by atoms with van der Waals surface area (Å²) in [4.78, 5) is 0. The van der Waals surface area contributed by atoms with Crippen LogP contribution in [0, 0.1) is 0 Å². The van der Waals surface area contributed by atoms with Crippen molar-refractivity contribution in [2.24, 2.45) is 0 Å². The Bertz CT molecular complexity index is 401. The minimum atomic E-state index is 0. The van der Waals surface area contributed by atoms with Crippen molar-refractivity contribution >= 4 is 27.7 Å². The van der Waals surface area contributed by atoms with Gasteiger partial charge in [-0.15, -0.1) is 0 Å². The van der Waals surface area contributed by atoms with E-state index in [9.17, 15) is 0 Å². The molecule has 180 valence electrons. The third-order valence-corrected chi connectivity index (χ3v) is 3.50. The molecule has 0 aromatic heterocycles. The maximum Gasteiger partial charge on any atom is 0.0702 e. The summed E-state index contributed by atoms with van der Waals surface area (Å²) in [5.74, 6) is 0. The van der Waals surface area contributed by atoms with Gasteiger partial charge in [-0.05, 0) is 27.7 Å². The van der Waals surface area contributed by atoms with Crippen molar-refractivity contribution in [3.05, 3.63) is 129 Å². The molecule has 3 aromatic rings. The third-order valence-electron chi connectivity index (χ3n) is 2.28. The molecule has 30 heavy (non-hydrogen) atoms. The molecule has 0 aliphatic heterocycles. The smallest absolute Gasteiger partial charge is 0.0702 e. The zero-order valence-corrected chi connectivity index (χ0v) is 24.9. The van der Waals surface area contributed by atoms with Gasteiger partial charge < -0.3 is 0 Å². The first-order valence-corrected chi connectivity index (χ1v) is 11.9. The van der Waals surface area contributed by atoms with E-state index in [4.69, 9.17) is 0 Å². The van der Waals surface area contributed by atoms with Crippen LogP contribution < -0.4 is 0 Å². The molecule has 3 unspecified atom stereocenters. The fourth-order valence-electron chi connectivity index (χ4n) is 0.962. The van der Waals surface area contributed by atoms with Gasteiger partial charge in [0.1, 0.15) is 0 Å². The predicted octanol–water partition coefficient (Wildman–Crippen LogP) is 6.55. The first kappa shape index (κ1) is 43.8. The van der Waals surface area contributed by atoms with Crippen molar-refractivity contribution in [2.45, 2.75) is 0 Å². The monoisotopic (exact) mass is 594 g/mol. The van der Waals surface area contributed by atoms with E-state index in [0.29, 0.717) is 0 Å². The summed E-state index contributed by atoms with van der Waals surface area (Å²) in [6.45, 7) is 10.5. The maximum atomic E-state index is 3.49. The Labute approximate surface area is 223 Å². The Morgan fingerprint density at radius 2 is 0.600 bits per heavy atom. The third kappa shape index (κ3) is 63.0. The van der Waals surface area contributed by atoms with E-state index in [1.54, 1.807) is 0 Å². The van der Waals surface area contributed by atoms with Crippen LogP contribution in [0.3, 0.4) is 0 Å². The van der Waals surface area contributed by atoms with Crippen LogP contribution in [0.25, 0.3) is 0 Å². The van der Waals surface area contributed by atoms with Crippen LogP contribution in [-0.4, -0.2) is 18.5 Å². The van der Waals surface area contributed by atoms with Gasteiger partial charge in [-0.2, -0.15) is 54.6 Å². The van der Waals surface area contributed by atoms with Crippen LogP contribution >= 0.6 is 27.7 Å². The standard InChI is InChI=1S/3C5H5.3C3H7P.3Ni/c3*1-2-4-5-3-1;3*1-2-3-4;;;/h3*1-5H;3*2H,1,3-4H2;;;/q3*-1;;;;;;/p+3. The van der Waals surface area contributed by atoms with Crippen LogP contribution in [0.1, 0.15) is 0 Å². The van der Waals surface area contributed by atoms with Crippen molar-refractivity contribution in [3.63, 3.8) is 0 Å². The summed E-state index contributed by atoms with van der Waals surface area (Å²) in [5.41, 5.74) is 0. The Balaban J connectivity index is -0.0000000568. The molecule has 0 N–H and O–H groups in total. The first-order valence-electron chi connectivity index (χ1n) is 8.95. The van der Waals surface area contributed by atoms with Crippen molar-refractivity contribution < 1.29 is 49.5 Å². The van der Waals surface area contributed by atoms with E-state index in [0.717, 1.165) is 18.5 Å². The Morgan fingerprint density at radius 3 is 0.633 bits per heavy atom. The van der Waals surface area contributed by atoms with Crippen LogP contribution in [0.5, 0.6) is 0 Å². The van der Waals surface area contributed by atoms with Gasteiger partial charge in [-0.25, -0.2) is 36.4 Å². The summed E-state index contributed by atoms with van der Waals surface area (Å²) in [6.07, 6.45) is 9.00. The van der Waals surface area contributed by atoms with E-state index < -0.39 is 0 Å². The molecule has 0 radical (unpaired) electrons. The molecule has 0 amide bonds. The largest absolute Gasteiger partial charge is 0.214 e. The molecule has 0 fully saturated rings. The molecule has 0 saturated heterocycles. The maximum absolute atomic E-state index is 3.49. The molecule has 3 aromatic carbocycles. The van der Waals surface area contributed by atoms with E-state index in [1.807, 2.05) is 137 Å². The van der Waals surface area contributed by atoms with Crippen molar-refractivity contribution in [3.8, 4) is 0 Å². The average Bonchev–Trinajstić information content (AvgIpc) is 3.54. The van der Waals surface area contributed by atoms with Gasteiger partial charge in [-0.3, -0.25) is 0 Å². The Morgan fingerprint density at radius 1 is 0.467 bits per heavy atom. The second-order valence-corrected chi connectivity index (χ2v) is 6.35. The van der Waals surface area contributed by atoms with Gasteiger partial charge in [0.2, 0.25) is 0 Å². The molecule has 0 nitrogen and oxygen atoms in total. The van der Waals surface area contributed by atoms with E-state index >= 15 is 0 Å². The minimum Gasteiger partial charge on any atom is -0.214 e. The fourth-order valence-corrected chi connectivity index (χ4v) is 0.962. The van der Waals surface area contributed by atoms with Crippen molar-refractivity contribution in [1.29, 1.82) is 0 Å². The first-order chi connectivity index (χ1) is 13.2. The van der Waals surface area contributed by atoms with E-state index in [2.05, 4.69) is 19.7 Å².